The van der Waals surface area contributed by atoms with Crippen LogP contribution in [0.15, 0.2) is 36.8 Å². The first kappa shape index (κ1) is 19.9. The Labute approximate surface area is 182 Å². The number of ketones is 1. The maximum Gasteiger partial charge on any atom is 0.158 e. The molecule has 1 saturated heterocycles. The second kappa shape index (κ2) is 7.61. The van der Waals surface area contributed by atoms with Crippen molar-refractivity contribution >= 4 is 22.3 Å². The van der Waals surface area contributed by atoms with Crippen molar-refractivity contribution in [2.45, 2.75) is 46.0 Å². The molecule has 0 atom stereocenters. The molecule has 160 valence electrons. The van der Waals surface area contributed by atoms with Gasteiger partial charge in [0.1, 0.15) is 12.1 Å². The minimum absolute atomic E-state index is 0.325. The van der Waals surface area contributed by atoms with Crippen LogP contribution in [0, 0.1) is 6.92 Å². The summed E-state index contributed by atoms with van der Waals surface area (Å²) in [4.78, 5) is 22.0. The number of aromatic amines is 1. The summed E-state index contributed by atoms with van der Waals surface area (Å²) >= 11 is 0. The zero-order chi connectivity index (χ0) is 21.7. The lowest BCUT2D eigenvalue weighted by molar-refractivity contribution is -0.120. The molecule has 0 spiro atoms. The van der Waals surface area contributed by atoms with Gasteiger partial charge in [-0.15, -0.1) is 0 Å². The Balaban J connectivity index is 1.52. The number of aryl methyl sites for hydroxylation is 1. The minimum Gasteiger partial charge on any atom is -0.354 e. The van der Waals surface area contributed by atoms with Gasteiger partial charge in [-0.3, -0.25) is 9.69 Å². The molecule has 1 aliphatic rings. The Morgan fingerprint density at radius 3 is 2.81 bits per heavy atom. The molecule has 0 amide bonds. The molecule has 0 aliphatic carbocycles. The number of nitrogens with one attached hydrogen (secondary N) is 1. The lowest BCUT2D eigenvalue weighted by atomic mass is 9.88. The fourth-order valence-corrected chi connectivity index (χ4v) is 4.81. The molecule has 0 unspecified atom stereocenters. The third-order valence-electron chi connectivity index (χ3n) is 6.51. The molecule has 0 radical (unpaired) electrons. The van der Waals surface area contributed by atoms with Crippen molar-refractivity contribution in [1.82, 2.24) is 24.5 Å². The molecule has 1 N–H and O–H groups in total. The van der Waals surface area contributed by atoms with Gasteiger partial charge in [-0.1, -0.05) is 26.8 Å². The summed E-state index contributed by atoms with van der Waals surface area (Å²) in [7, 11) is 0. The zero-order valence-corrected chi connectivity index (χ0v) is 18.6. The van der Waals surface area contributed by atoms with Crippen LogP contribution < -0.4 is 0 Å². The van der Waals surface area contributed by atoms with E-state index >= 15 is 0 Å². The quantitative estimate of drug-likeness (QED) is 0.496. The molecular weight excluding hydrogens is 386 g/mol. The second-order valence-electron chi connectivity index (χ2n) is 9.10. The third kappa shape index (κ3) is 3.45. The van der Waals surface area contributed by atoms with Gasteiger partial charge in [0.15, 0.2) is 5.65 Å². The standard InChI is InChI=1S/C25H29N5O/c1-5-20(31)13-29-10-19(11-29)17-6-7-22-21(9-17)23(15(2)3)24(28-22)18-8-16(4)25-26-14-27-30(25)12-18/h6-9,12,14-15,19,28H,5,10-11,13H2,1-4H3. The fraction of sp³-hybridized carbons (Fsp3) is 0.400. The number of Topliss-reactive ketones (excluding diaryl/α,β-unsaturated/α-hetero) is 1. The van der Waals surface area contributed by atoms with Crippen LogP contribution in [0.2, 0.25) is 0 Å². The Morgan fingerprint density at radius 2 is 2.06 bits per heavy atom. The number of benzene rings is 1. The number of carbonyl (C=O) groups excluding carboxylic acids is 1. The predicted octanol–water partition coefficient (Wildman–Crippen LogP) is 4.69. The van der Waals surface area contributed by atoms with Crippen molar-refractivity contribution < 1.29 is 4.79 Å². The number of carbonyl (C=O) groups is 1. The van der Waals surface area contributed by atoms with Crippen LogP contribution in [-0.4, -0.2) is 49.9 Å². The van der Waals surface area contributed by atoms with Crippen molar-refractivity contribution in [2.75, 3.05) is 19.6 Å². The first-order valence-electron chi connectivity index (χ1n) is 11.1. The van der Waals surface area contributed by atoms with E-state index < -0.39 is 0 Å². The predicted molar refractivity (Wildman–Crippen MR) is 124 cm³/mol. The Morgan fingerprint density at radius 1 is 1.26 bits per heavy atom. The van der Waals surface area contributed by atoms with Gasteiger partial charge in [0.05, 0.1) is 12.2 Å². The number of nitrogens with zero attached hydrogens (tertiary/aromatic N) is 4. The number of pyridine rings is 1. The molecule has 31 heavy (non-hydrogen) atoms. The number of H-pyrrole nitrogens is 1. The number of aromatic nitrogens is 4. The van der Waals surface area contributed by atoms with E-state index in [1.54, 1.807) is 6.33 Å². The molecule has 1 fully saturated rings. The highest BCUT2D eigenvalue weighted by molar-refractivity contribution is 5.92. The molecule has 6 nitrogen and oxygen atoms in total. The number of rotatable bonds is 6. The van der Waals surface area contributed by atoms with E-state index in [0.717, 1.165) is 41.1 Å². The summed E-state index contributed by atoms with van der Waals surface area (Å²) in [6.07, 6.45) is 4.28. The molecular formula is C25H29N5O. The van der Waals surface area contributed by atoms with Crippen LogP contribution in [0.3, 0.4) is 0 Å². The fourth-order valence-electron chi connectivity index (χ4n) is 4.81. The molecule has 6 heteroatoms. The summed E-state index contributed by atoms with van der Waals surface area (Å²) in [5, 5.41) is 5.64. The number of hydrogen-bond acceptors (Lipinski definition) is 4. The van der Waals surface area contributed by atoms with Gasteiger partial charge in [0, 0.05) is 48.1 Å². The van der Waals surface area contributed by atoms with Gasteiger partial charge in [0.2, 0.25) is 0 Å². The monoisotopic (exact) mass is 415 g/mol. The SMILES string of the molecule is CCC(=O)CN1CC(c2ccc3[nH]c(-c4cc(C)c5ncnn5c4)c(C(C)C)c3c2)C1. The second-order valence-corrected chi connectivity index (χ2v) is 9.10. The smallest absolute Gasteiger partial charge is 0.158 e. The van der Waals surface area contributed by atoms with E-state index in [2.05, 4.69) is 71.2 Å². The van der Waals surface area contributed by atoms with Crippen LogP contribution in [0.5, 0.6) is 0 Å². The number of likely N-dealkylation sites (tertiary alicyclic amines) is 1. The highest BCUT2D eigenvalue weighted by Gasteiger charge is 2.29. The number of hydrogen-bond donors (Lipinski definition) is 1. The Hall–Kier alpha value is -2.99. The first-order valence-corrected chi connectivity index (χ1v) is 11.1. The normalized spacial score (nSPS) is 15.3. The average molecular weight is 416 g/mol. The lowest BCUT2D eigenvalue weighted by Crippen LogP contribution is -2.47. The van der Waals surface area contributed by atoms with Gasteiger partial charge in [-0.2, -0.15) is 5.10 Å². The Kier molecular flexibility index (Phi) is 4.89. The highest BCUT2D eigenvalue weighted by Crippen LogP contribution is 2.38. The topological polar surface area (TPSA) is 66.3 Å². The van der Waals surface area contributed by atoms with Crippen LogP contribution >= 0.6 is 0 Å². The molecule has 4 aromatic rings. The van der Waals surface area contributed by atoms with E-state index in [1.807, 2.05) is 11.4 Å². The minimum atomic E-state index is 0.325. The van der Waals surface area contributed by atoms with Gasteiger partial charge < -0.3 is 4.98 Å². The van der Waals surface area contributed by atoms with Gasteiger partial charge >= 0.3 is 0 Å². The zero-order valence-electron chi connectivity index (χ0n) is 18.6. The van der Waals surface area contributed by atoms with Crippen LogP contribution in [0.25, 0.3) is 27.8 Å². The van der Waals surface area contributed by atoms with E-state index in [-0.39, 0.29) is 0 Å². The maximum absolute atomic E-state index is 11.7. The van der Waals surface area contributed by atoms with Crippen molar-refractivity contribution in [3.8, 4) is 11.3 Å². The van der Waals surface area contributed by atoms with Gasteiger partial charge in [-0.05, 0) is 47.7 Å². The van der Waals surface area contributed by atoms with E-state index in [0.29, 0.717) is 30.6 Å². The van der Waals surface area contributed by atoms with E-state index in [4.69, 9.17) is 0 Å². The Bertz CT molecular complexity index is 1280. The first-order chi connectivity index (χ1) is 14.9. The van der Waals surface area contributed by atoms with Gasteiger partial charge in [0.25, 0.3) is 0 Å². The van der Waals surface area contributed by atoms with Crippen LogP contribution in [0.1, 0.15) is 55.7 Å². The van der Waals surface area contributed by atoms with Crippen molar-refractivity contribution in [2.24, 2.45) is 0 Å². The largest absolute Gasteiger partial charge is 0.354 e. The van der Waals surface area contributed by atoms with Crippen LogP contribution in [-0.2, 0) is 4.79 Å². The molecule has 5 rings (SSSR count). The summed E-state index contributed by atoms with van der Waals surface area (Å²) in [6.45, 7) is 11.0. The molecule has 0 saturated carbocycles. The molecule has 4 heterocycles. The van der Waals surface area contributed by atoms with Crippen LogP contribution in [0.4, 0.5) is 0 Å². The molecule has 1 aliphatic heterocycles. The highest BCUT2D eigenvalue weighted by atomic mass is 16.1. The van der Waals surface area contributed by atoms with Gasteiger partial charge in [-0.25, -0.2) is 9.50 Å². The summed E-state index contributed by atoms with van der Waals surface area (Å²) in [6, 6.07) is 8.99. The summed E-state index contributed by atoms with van der Waals surface area (Å²) in [5.74, 6) is 1.21. The molecule has 1 aromatic carbocycles. The summed E-state index contributed by atoms with van der Waals surface area (Å²) in [5.41, 5.74) is 8.16. The van der Waals surface area contributed by atoms with E-state index in [1.165, 1.54) is 16.5 Å². The number of fused-ring (bicyclic) bond motifs is 2. The third-order valence-corrected chi connectivity index (χ3v) is 6.51. The van der Waals surface area contributed by atoms with Crippen molar-refractivity contribution in [3.63, 3.8) is 0 Å². The van der Waals surface area contributed by atoms with Crippen molar-refractivity contribution in [3.05, 3.63) is 53.5 Å². The maximum atomic E-state index is 11.7. The molecule has 3 aromatic heterocycles. The average Bonchev–Trinajstić information content (AvgIpc) is 3.34. The van der Waals surface area contributed by atoms with Crippen molar-refractivity contribution in [1.29, 1.82) is 0 Å². The molecule has 0 bridgehead atoms. The lowest BCUT2D eigenvalue weighted by Gasteiger charge is -2.39. The summed E-state index contributed by atoms with van der Waals surface area (Å²) < 4.78 is 1.85. The van der Waals surface area contributed by atoms with E-state index in [9.17, 15) is 4.79 Å².